The molecule has 0 aliphatic carbocycles. The van der Waals surface area contributed by atoms with Crippen LogP contribution in [0.4, 0.5) is 0 Å². The Morgan fingerprint density at radius 1 is 1.17 bits per heavy atom. The molecule has 4 rings (SSSR count). The topological polar surface area (TPSA) is 50.2 Å². The molecular weight excluding hydrogens is 300 g/mol. The Kier molecular flexibility index (Phi) is 3.88. The van der Waals surface area contributed by atoms with Gasteiger partial charge >= 0.3 is 0 Å². The van der Waals surface area contributed by atoms with Crippen LogP contribution in [0, 0.1) is 13.8 Å². The Morgan fingerprint density at radius 3 is 2.79 bits per heavy atom. The molecule has 2 aliphatic rings. The van der Waals surface area contributed by atoms with Crippen LogP contribution in [0.15, 0.2) is 30.5 Å². The minimum absolute atomic E-state index is 0.113. The lowest BCUT2D eigenvalue weighted by atomic mass is 10.1. The molecule has 2 unspecified atom stereocenters. The van der Waals surface area contributed by atoms with E-state index in [4.69, 9.17) is 0 Å². The number of rotatable bonds is 2. The van der Waals surface area contributed by atoms with E-state index in [0.29, 0.717) is 12.1 Å². The Hall–Kier alpha value is -2.14. The molecule has 2 saturated heterocycles. The standard InChI is InChI=1S/C19H24N4O/c1-13-5-3-4-6-18(13)23-14(2)17(11-20-23)19(24)22-10-9-15-7-8-16(12-22)21-15/h3-6,11,15-16,21H,7-10,12H2,1-2H3. The van der Waals surface area contributed by atoms with Crippen LogP contribution in [-0.4, -0.2) is 45.8 Å². The average Bonchev–Trinajstić information content (AvgIpc) is 3.10. The maximum Gasteiger partial charge on any atom is 0.257 e. The van der Waals surface area contributed by atoms with E-state index in [1.807, 2.05) is 34.7 Å². The molecule has 2 aliphatic heterocycles. The predicted octanol–water partition coefficient (Wildman–Crippen LogP) is 2.46. The number of nitrogens with zero attached hydrogens (tertiary/aromatic N) is 3. The van der Waals surface area contributed by atoms with Gasteiger partial charge in [-0.15, -0.1) is 0 Å². The lowest BCUT2D eigenvalue weighted by Crippen LogP contribution is -2.39. The van der Waals surface area contributed by atoms with Crippen LogP contribution < -0.4 is 5.32 Å². The van der Waals surface area contributed by atoms with Gasteiger partial charge in [0.05, 0.1) is 23.1 Å². The summed E-state index contributed by atoms with van der Waals surface area (Å²) in [7, 11) is 0. The van der Waals surface area contributed by atoms with Gasteiger partial charge in [0, 0.05) is 25.2 Å². The lowest BCUT2D eigenvalue weighted by molar-refractivity contribution is 0.0747. The fourth-order valence-electron chi connectivity index (χ4n) is 3.96. The van der Waals surface area contributed by atoms with Crippen molar-refractivity contribution in [3.05, 3.63) is 47.3 Å². The molecule has 2 fully saturated rings. The summed E-state index contributed by atoms with van der Waals surface area (Å²) in [6.45, 7) is 5.69. The smallest absolute Gasteiger partial charge is 0.257 e. The highest BCUT2D eigenvalue weighted by molar-refractivity contribution is 5.95. The number of para-hydroxylation sites is 1. The Morgan fingerprint density at radius 2 is 1.96 bits per heavy atom. The van der Waals surface area contributed by atoms with E-state index in [2.05, 4.69) is 23.4 Å². The first-order valence-electron chi connectivity index (χ1n) is 8.79. The number of aryl methyl sites for hydroxylation is 1. The number of amides is 1. The number of nitrogens with one attached hydrogen (secondary N) is 1. The molecule has 5 heteroatoms. The third-order valence-corrected chi connectivity index (χ3v) is 5.39. The molecule has 3 heterocycles. The van der Waals surface area contributed by atoms with Gasteiger partial charge < -0.3 is 10.2 Å². The summed E-state index contributed by atoms with van der Waals surface area (Å²) < 4.78 is 1.88. The van der Waals surface area contributed by atoms with Crippen molar-refractivity contribution in [3.63, 3.8) is 0 Å². The molecule has 2 atom stereocenters. The number of aromatic nitrogens is 2. The van der Waals surface area contributed by atoms with Crippen LogP contribution in [0.3, 0.4) is 0 Å². The minimum Gasteiger partial charge on any atom is -0.337 e. The van der Waals surface area contributed by atoms with Crippen LogP contribution in [0.25, 0.3) is 5.69 Å². The van der Waals surface area contributed by atoms with Crippen molar-refractivity contribution in [1.29, 1.82) is 0 Å². The number of carbonyl (C=O) groups is 1. The van der Waals surface area contributed by atoms with Crippen LogP contribution in [0.2, 0.25) is 0 Å². The second-order valence-electron chi connectivity index (χ2n) is 7.02. The minimum atomic E-state index is 0.113. The number of carbonyl (C=O) groups excluding carboxylic acids is 1. The van der Waals surface area contributed by atoms with Gasteiger partial charge in [0.2, 0.25) is 0 Å². The molecule has 1 N–H and O–H groups in total. The van der Waals surface area contributed by atoms with E-state index < -0.39 is 0 Å². The summed E-state index contributed by atoms with van der Waals surface area (Å²) in [6, 6.07) is 9.16. The average molecular weight is 324 g/mol. The molecule has 1 amide bonds. The predicted molar refractivity (Wildman–Crippen MR) is 93.5 cm³/mol. The van der Waals surface area contributed by atoms with Crippen molar-refractivity contribution in [1.82, 2.24) is 20.0 Å². The molecule has 126 valence electrons. The zero-order chi connectivity index (χ0) is 16.7. The summed E-state index contributed by atoms with van der Waals surface area (Å²) >= 11 is 0. The van der Waals surface area contributed by atoms with E-state index >= 15 is 0 Å². The first kappa shape index (κ1) is 15.4. The number of benzene rings is 1. The van der Waals surface area contributed by atoms with Crippen LogP contribution in [0.5, 0.6) is 0 Å². The van der Waals surface area contributed by atoms with E-state index in [0.717, 1.165) is 42.0 Å². The van der Waals surface area contributed by atoms with Gasteiger partial charge in [0.25, 0.3) is 5.91 Å². The fraction of sp³-hybridized carbons (Fsp3) is 0.474. The second kappa shape index (κ2) is 6.06. The van der Waals surface area contributed by atoms with Gasteiger partial charge in [0.1, 0.15) is 0 Å². The number of fused-ring (bicyclic) bond motifs is 2. The Labute approximate surface area is 142 Å². The van der Waals surface area contributed by atoms with Crippen molar-refractivity contribution in [2.45, 2.75) is 45.2 Å². The fourth-order valence-corrected chi connectivity index (χ4v) is 3.96. The molecular formula is C19H24N4O. The largest absolute Gasteiger partial charge is 0.337 e. The molecule has 2 aromatic rings. The second-order valence-corrected chi connectivity index (χ2v) is 7.02. The van der Waals surface area contributed by atoms with E-state index in [9.17, 15) is 4.79 Å². The normalized spacial score (nSPS) is 23.3. The number of hydrogen-bond acceptors (Lipinski definition) is 3. The van der Waals surface area contributed by atoms with E-state index in [1.54, 1.807) is 6.20 Å². The van der Waals surface area contributed by atoms with Gasteiger partial charge in [-0.1, -0.05) is 18.2 Å². The summed E-state index contributed by atoms with van der Waals surface area (Å²) in [4.78, 5) is 15.0. The maximum atomic E-state index is 13.0. The highest BCUT2D eigenvalue weighted by Crippen LogP contribution is 2.23. The van der Waals surface area contributed by atoms with Crippen LogP contribution in [0.1, 0.15) is 40.9 Å². The number of hydrogen-bond donors (Lipinski definition) is 1. The number of likely N-dealkylation sites (tertiary alicyclic amines) is 1. The summed E-state index contributed by atoms with van der Waals surface area (Å²) in [5.41, 5.74) is 3.82. The quantitative estimate of drug-likeness (QED) is 0.923. The Balaban J connectivity index is 1.61. The molecule has 0 radical (unpaired) electrons. The molecule has 2 bridgehead atoms. The first-order chi connectivity index (χ1) is 11.6. The van der Waals surface area contributed by atoms with Gasteiger partial charge in [-0.25, -0.2) is 4.68 Å². The monoisotopic (exact) mass is 324 g/mol. The molecule has 1 aromatic carbocycles. The highest BCUT2D eigenvalue weighted by Gasteiger charge is 2.32. The van der Waals surface area contributed by atoms with Crippen molar-refractivity contribution in [2.24, 2.45) is 0 Å². The molecule has 0 spiro atoms. The third kappa shape index (κ3) is 2.63. The lowest BCUT2D eigenvalue weighted by Gasteiger charge is -2.24. The summed E-state index contributed by atoms with van der Waals surface area (Å²) in [6.07, 6.45) is 5.20. The summed E-state index contributed by atoms with van der Waals surface area (Å²) in [5, 5.41) is 8.12. The zero-order valence-electron chi connectivity index (χ0n) is 14.3. The maximum absolute atomic E-state index is 13.0. The van der Waals surface area contributed by atoms with Crippen molar-refractivity contribution in [3.8, 4) is 5.69 Å². The van der Waals surface area contributed by atoms with Gasteiger partial charge in [0.15, 0.2) is 0 Å². The van der Waals surface area contributed by atoms with Crippen molar-refractivity contribution < 1.29 is 4.79 Å². The SMILES string of the molecule is Cc1ccccc1-n1ncc(C(=O)N2CCC3CCC(C2)N3)c1C. The Bertz CT molecular complexity index is 766. The van der Waals surface area contributed by atoms with Crippen LogP contribution in [-0.2, 0) is 0 Å². The molecule has 24 heavy (non-hydrogen) atoms. The zero-order valence-corrected chi connectivity index (χ0v) is 14.3. The van der Waals surface area contributed by atoms with Crippen molar-refractivity contribution >= 4 is 5.91 Å². The van der Waals surface area contributed by atoms with Crippen molar-refractivity contribution in [2.75, 3.05) is 13.1 Å². The molecule has 1 aromatic heterocycles. The van der Waals surface area contributed by atoms with Crippen LogP contribution >= 0.6 is 0 Å². The van der Waals surface area contributed by atoms with Gasteiger partial charge in [-0.3, -0.25) is 4.79 Å². The van der Waals surface area contributed by atoms with E-state index in [-0.39, 0.29) is 5.91 Å². The summed E-state index contributed by atoms with van der Waals surface area (Å²) in [5.74, 6) is 0.113. The van der Waals surface area contributed by atoms with E-state index in [1.165, 1.54) is 12.8 Å². The van der Waals surface area contributed by atoms with Gasteiger partial charge in [-0.2, -0.15) is 5.10 Å². The molecule has 5 nitrogen and oxygen atoms in total. The molecule has 0 saturated carbocycles. The highest BCUT2D eigenvalue weighted by atomic mass is 16.2. The van der Waals surface area contributed by atoms with Gasteiger partial charge in [-0.05, 0) is 44.7 Å². The third-order valence-electron chi connectivity index (χ3n) is 5.39. The first-order valence-corrected chi connectivity index (χ1v) is 8.79.